The third-order valence-electron chi connectivity index (χ3n) is 4.07. The van der Waals surface area contributed by atoms with Crippen molar-refractivity contribution in [3.63, 3.8) is 0 Å². The normalized spacial score (nSPS) is 25.7. The Labute approximate surface area is 117 Å². The van der Waals surface area contributed by atoms with Gasteiger partial charge in [0.05, 0.1) is 5.56 Å². The average Bonchev–Trinajstić information content (AvgIpc) is 2.63. The van der Waals surface area contributed by atoms with E-state index in [1.54, 1.807) is 6.07 Å². The molecule has 2 nitrogen and oxygen atoms in total. The summed E-state index contributed by atoms with van der Waals surface area (Å²) in [5.74, 6) is -0.0806. The van der Waals surface area contributed by atoms with Crippen LogP contribution in [0.1, 0.15) is 32.3 Å². The van der Waals surface area contributed by atoms with Crippen LogP contribution in [-0.4, -0.2) is 19.2 Å². The molecule has 1 N–H and O–H groups in total. The standard InChI is InChI=1S/C15H20F3NO/c1-14(2)9-8-12(13(14)19-3)20-11-7-5-4-6-10(11)15(16,17)18/h4-7,12-13,19H,8-9H2,1-3H3. The molecule has 0 aromatic heterocycles. The highest BCUT2D eigenvalue weighted by molar-refractivity contribution is 5.36. The summed E-state index contributed by atoms with van der Waals surface area (Å²) in [6, 6.07) is 5.44. The molecule has 1 aliphatic carbocycles. The van der Waals surface area contributed by atoms with Gasteiger partial charge in [-0.3, -0.25) is 0 Å². The maximum absolute atomic E-state index is 13.0. The van der Waals surface area contributed by atoms with Crippen molar-refractivity contribution in [2.45, 2.75) is 45.0 Å². The number of alkyl halides is 3. The maximum Gasteiger partial charge on any atom is 0.419 e. The monoisotopic (exact) mass is 287 g/mol. The van der Waals surface area contributed by atoms with Gasteiger partial charge in [-0.25, -0.2) is 0 Å². The van der Waals surface area contributed by atoms with Gasteiger partial charge in [-0.2, -0.15) is 13.2 Å². The van der Waals surface area contributed by atoms with Crippen LogP contribution in [0.15, 0.2) is 24.3 Å². The molecule has 1 fully saturated rings. The number of likely N-dealkylation sites (N-methyl/N-ethyl adjacent to an activating group) is 1. The number of halogens is 3. The van der Waals surface area contributed by atoms with Crippen molar-refractivity contribution in [1.82, 2.24) is 5.32 Å². The topological polar surface area (TPSA) is 21.3 Å². The van der Waals surface area contributed by atoms with E-state index in [0.717, 1.165) is 18.9 Å². The highest BCUT2D eigenvalue weighted by Gasteiger charge is 2.43. The summed E-state index contributed by atoms with van der Waals surface area (Å²) in [6.07, 6.45) is -2.94. The number of para-hydroxylation sites is 1. The second-order valence-corrected chi connectivity index (χ2v) is 5.94. The molecule has 2 rings (SSSR count). The lowest BCUT2D eigenvalue weighted by molar-refractivity contribution is -0.139. The molecule has 2 atom stereocenters. The fraction of sp³-hybridized carbons (Fsp3) is 0.600. The number of hydrogen-bond donors (Lipinski definition) is 1. The minimum absolute atomic E-state index is 0.0204. The van der Waals surface area contributed by atoms with Crippen molar-refractivity contribution >= 4 is 0 Å². The van der Waals surface area contributed by atoms with Gasteiger partial charge in [0.25, 0.3) is 0 Å². The fourth-order valence-corrected chi connectivity index (χ4v) is 3.01. The molecule has 0 amide bonds. The molecule has 20 heavy (non-hydrogen) atoms. The predicted octanol–water partition coefficient (Wildman–Crippen LogP) is 3.86. The average molecular weight is 287 g/mol. The van der Waals surface area contributed by atoms with E-state index in [9.17, 15) is 13.2 Å². The maximum atomic E-state index is 13.0. The molecular weight excluding hydrogens is 267 g/mol. The van der Waals surface area contributed by atoms with Crippen LogP contribution in [0, 0.1) is 5.41 Å². The Kier molecular flexibility index (Phi) is 4.00. The van der Waals surface area contributed by atoms with Crippen LogP contribution in [0.4, 0.5) is 13.2 Å². The van der Waals surface area contributed by atoms with E-state index in [2.05, 4.69) is 19.2 Å². The van der Waals surface area contributed by atoms with E-state index < -0.39 is 11.7 Å². The summed E-state index contributed by atoms with van der Waals surface area (Å²) in [5, 5.41) is 3.18. The van der Waals surface area contributed by atoms with E-state index in [4.69, 9.17) is 4.74 Å². The Hall–Kier alpha value is -1.23. The quantitative estimate of drug-likeness (QED) is 0.911. The van der Waals surface area contributed by atoms with Crippen LogP contribution >= 0.6 is 0 Å². The Morgan fingerprint density at radius 2 is 1.90 bits per heavy atom. The predicted molar refractivity (Wildman–Crippen MR) is 71.7 cm³/mol. The third-order valence-corrected chi connectivity index (χ3v) is 4.07. The molecule has 1 aromatic rings. The van der Waals surface area contributed by atoms with Gasteiger partial charge in [0, 0.05) is 6.04 Å². The Morgan fingerprint density at radius 1 is 1.25 bits per heavy atom. The molecule has 5 heteroatoms. The smallest absolute Gasteiger partial charge is 0.419 e. The Bertz CT molecular complexity index is 470. The van der Waals surface area contributed by atoms with E-state index in [-0.39, 0.29) is 23.3 Å². The van der Waals surface area contributed by atoms with Crippen LogP contribution in [0.5, 0.6) is 5.75 Å². The summed E-state index contributed by atoms with van der Waals surface area (Å²) in [5.41, 5.74) is -0.688. The molecule has 0 saturated heterocycles. The number of benzene rings is 1. The zero-order valence-electron chi connectivity index (χ0n) is 11.9. The Balaban J connectivity index is 2.23. The molecule has 0 spiro atoms. The first-order valence-corrected chi connectivity index (χ1v) is 6.76. The second-order valence-electron chi connectivity index (χ2n) is 5.94. The summed E-state index contributed by atoms with van der Waals surface area (Å²) >= 11 is 0. The van der Waals surface area contributed by atoms with Gasteiger partial charge in [-0.05, 0) is 37.4 Å². The van der Waals surface area contributed by atoms with Crippen LogP contribution in [0.3, 0.4) is 0 Å². The zero-order valence-corrected chi connectivity index (χ0v) is 11.9. The lowest BCUT2D eigenvalue weighted by Crippen LogP contribution is -2.45. The molecule has 2 unspecified atom stereocenters. The van der Waals surface area contributed by atoms with Gasteiger partial charge in [-0.15, -0.1) is 0 Å². The number of ether oxygens (including phenoxy) is 1. The molecule has 0 radical (unpaired) electrons. The summed E-state index contributed by atoms with van der Waals surface area (Å²) in [7, 11) is 1.82. The van der Waals surface area contributed by atoms with E-state index >= 15 is 0 Å². The fourth-order valence-electron chi connectivity index (χ4n) is 3.01. The minimum atomic E-state index is -4.39. The van der Waals surface area contributed by atoms with Gasteiger partial charge >= 0.3 is 6.18 Å². The van der Waals surface area contributed by atoms with Gasteiger partial charge < -0.3 is 10.1 Å². The largest absolute Gasteiger partial charge is 0.488 e. The molecule has 1 aromatic carbocycles. The zero-order chi connectivity index (χ0) is 15.0. The second kappa shape index (κ2) is 5.28. The van der Waals surface area contributed by atoms with Crippen molar-refractivity contribution in [3.05, 3.63) is 29.8 Å². The Morgan fingerprint density at radius 3 is 2.50 bits per heavy atom. The van der Waals surface area contributed by atoms with Gasteiger partial charge in [0.1, 0.15) is 11.9 Å². The summed E-state index contributed by atoms with van der Waals surface area (Å²) < 4.78 is 44.6. The van der Waals surface area contributed by atoms with Gasteiger partial charge in [-0.1, -0.05) is 26.0 Å². The van der Waals surface area contributed by atoms with E-state index in [1.165, 1.54) is 12.1 Å². The van der Waals surface area contributed by atoms with Crippen molar-refractivity contribution in [2.75, 3.05) is 7.05 Å². The number of hydrogen-bond acceptors (Lipinski definition) is 2. The summed E-state index contributed by atoms with van der Waals surface area (Å²) in [6.45, 7) is 4.21. The lowest BCUT2D eigenvalue weighted by atomic mass is 9.87. The van der Waals surface area contributed by atoms with Crippen LogP contribution in [0.25, 0.3) is 0 Å². The first kappa shape index (κ1) is 15.2. The molecule has 0 aliphatic heterocycles. The van der Waals surface area contributed by atoms with Crippen molar-refractivity contribution in [1.29, 1.82) is 0 Å². The number of rotatable bonds is 3. The van der Waals surface area contributed by atoms with Crippen molar-refractivity contribution in [3.8, 4) is 5.75 Å². The van der Waals surface area contributed by atoms with E-state index in [1.807, 2.05) is 7.05 Å². The SMILES string of the molecule is CNC1C(Oc2ccccc2C(F)(F)F)CCC1(C)C. The molecule has 112 valence electrons. The molecule has 0 bridgehead atoms. The first-order chi connectivity index (χ1) is 9.25. The van der Waals surface area contributed by atoms with Crippen LogP contribution in [-0.2, 0) is 6.18 Å². The lowest BCUT2D eigenvalue weighted by Gasteiger charge is -2.30. The minimum Gasteiger partial charge on any atom is -0.488 e. The highest BCUT2D eigenvalue weighted by Crippen LogP contribution is 2.42. The number of nitrogens with one attached hydrogen (secondary N) is 1. The molecule has 1 aliphatic rings. The summed E-state index contributed by atoms with van der Waals surface area (Å²) in [4.78, 5) is 0. The van der Waals surface area contributed by atoms with Crippen molar-refractivity contribution in [2.24, 2.45) is 5.41 Å². The van der Waals surface area contributed by atoms with Crippen molar-refractivity contribution < 1.29 is 17.9 Å². The first-order valence-electron chi connectivity index (χ1n) is 6.76. The highest BCUT2D eigenvalue weighted by atomic mass is 19.4. The van der Waals surface area contributed by atoms with E-state index in [0.29, 0.717) is 0 Å². The third kappa shape index (κ3) is 2.92. The molecule has 0 heterocycles. The van der Waals surface area contributed by atoms with Crippen LogP contribution < -0.4 is 10.1 Å². The van der Waals surface area contributed by atoms with Gasteiger partial charge in [0.15, 0.2) is 0 Å². The molecule has 1 saturated carbocycles. The van der Waals surface area contributed by atoms with Gasteiger partial charge in [0.2, 0.25) is 0 Å². The molecular formula is C15H20F3NO. The van der Waals surface area contributed by atoms with Crippen LogP contribution in [0.2, 0.25) is 0 Å².